The maximum atomic E-state index is 12.3. The summed E-state index contributed by atoms with van der Waals surface area (Å²) >= 11 is 0. The molecule has 1 N–H and O–H groups in total. The van der Waals surface area contributed by atoms with Crippen molar-refractivity contribution < 1.29 is 4.79 Å². The molecule has 1 saturated heterocycles. The molecule has 1 atom stereocenters. The summed E-state index contributed by atoms with van der Waals surface area (Å²) in [5, 5.41) is 11.1. The average molecular weight is 251 g/mol. The number of piperidine rings is 1. The third kappa shape index (κ3) is 2.87. The summed E-state index contributed by atoms with van der Waals surface area (Å²) in [5.41, 5.74) is 0.857. The first-order valence-electron chi connectivity index (χ1n) is 6.56. The van der Waals surface area contributed by atoms with Crippen LogP contribution in [-0.4, -0.2) is 45.9 Å². The van der Waals surface area contributed by atoms with Gasteiger partial charge in [-0.15, -0.1) is 5.10 Å². The Morgan fingerprint density at radius 1 is 1.44 bits per heavy atom. The van der Waals surface area contributed by atoms with E-state index < -0.39 is 0 Å². The molecule has 0 radical (unpaired) electrons. The minimum absolute atomic E-state index is 0.149. The summed E-state index contributed by atoms with van der Waals surface area (Å²) in [7, 11) is 1.86. The summed E-state index contributed by atoms with van der Waals surface area (Å²) in [5.74, 6) is 0.149. The lowest BCUT2D eigenvalue weighted by molar-refractivity contribution is -0.135. The standard InChI is InChI=1S/C12H21N5O/c1-10(12(18)16-6-4-3-5-7-16)17-9-11(8-13-2)14-15-17/h9-10,13H,3-8H2,1-2H3. The van der Waals surface area contributed by atoms with Crippen molar-refractivity contribution in [3.05, 3.63) is 11.9 Å². The van der Waals surface area contributed by atoms with Crippen molar-refractivity contribution in [3.63, 3.8) is 0 Å². The summed E-state index contributed by atoms with van der Waals surface area (Å²) in [6.45, 7) is 4.31. The van der Waals surface area contributed by atoms with Crippen LogP contribution < -0.4 is 5.32 Å². The summed E-state index contributed by atoms with van der Waals surface area (Å²) in [4.78, 5) is 14.2. The Hall–Kier alpha value is -1.43. The van der Waals surface area contributed by atoms with Crippen LogP contribution in [0, 0.1) is 0 Å². The molecule has 1 aromatic heterocycles. The van der Waals surface area contributed by atoms with Crippen LogP contribution in [0.2, 0.25) is 0 Å². The number of hydrogen-bond donors (Lipinski definition) is 1. The lowest BCUT2D eigenvalue weighted by atomic mass is 10.1. The van der Waals surface area contributed by atoms with Crippen LogP contribution in [0.1, 0.15) is 37.9 Å². The van der Waals surface area contributed by atoms with Gasteiger partial charge in [0.05, 0.1) is 11.9 Å². The van der Waals surface area contributed by atoms with Gasteiger partial charge in [-0.2, -0.15) is 0 Å². The normalized spacial score (nSPS) is 17.8. The number of rotatable bonds is 4. The molecule has 18 heavy (non-hydrogen) atoms. The monoisotopic (exact) mass is 251 g/mol. The molecular formula is C12H21N5O. The first-order valence-corrected chi connectivity index (χ1v) is 6.56. The predicted molar refractivity (Wildman–Crippen MR) is 67.9 cm³/mol. The zero-order valence-corrected chi connectivity index (χ0v) is 11.1. The van der Waals surface area contributed by atoms with E-state index in [2.05, 4.69) is 15.6 Å². The molecule has 0 aliphatic carbocycles. The van der Waals surface area contributed by atoms with Gasteiger partial charge >= 0.3 is 0 Å². The molecule has 0 saturated carbocycles. The molecule has 1 fully saturated rings. The number of nitrogens with one attached hydrogen (secondary N) is 1. The molecule has 2 rings (SSSR count). The second-order valence-corrected chi connectivity index (χ2v) is 4.78. The minimum Gasteiger partial charge on any atom is -0.341 e. The Kier molecular flexibility index (Phi) is 4.30. The fourth-order valence-corrected chi connectivity index (χ4v) is 2.26. The van der Waals surface area contributed by atoms with Gasteiger partial charge in [0.15, 0.2) is 0 Å². The van der Waals surface area contributed by atoms with Crippen molar-refractivity contribution in [2.24, 2.45) is 0 Å². The lowest BCUT2D eigenvalue weighted by Crippen LogP contribution is -2.39. The Balaban J connectivity index is 2.00. The Morgan fingerprint density at radius 2 is 2.17 bits per heavy atom. The molecule has 1 aromatic rings. The number of nitrogens with zero attached hydrogens (tertiary/aromatic N) is 4. The van der Waals surface area contributed by atoms with E-state index in [4.69, 9.17) is 0 Å². The fourth-order valence-electron chi connectivity index (χ4n) is 2.26. The van der Waals surface area contributed by atoms with E-state index in [9.17, 15) is 4.79 Å². The number of likely N-dealkylation sites (tertiary alicyclic amines) is 1. The van der Waals surface area contributed by atoms with Gasteiger partial charge in [0, 0.05) is 19.6 Å². The SMILES string of the molecule is CNCc1cn(C(C)C(=O)N2CCCCC2)nn1. The van der Waals surface area contributed by atoms with Crippen LogP contribution in [0.4, 0.5) is 0 Å². The number of carbonyl (C=O) groups excluding carboxylic acids is 1. The van der Waals surface area contributed by atoms with E-state index in [-0.39, 0.29) is 11.9 Å². The molecule has 6 nitrogen and oxygen atoms in total. The molecule has 0 aromatic carbocycles. The number of aromatic nitrogens is 3. The van der Waals surface area contributed by atoms with Gasteiger partial charge in [-0.1, -0.05) is 5.21 Å². The van der Waals surface area contributed by atoms with E-state index in [1.54, 1.807) is 4.68 Å². The molecule has 1 amide bonds. The van der Waals surface area contributed by atoms with Gasteiger partial charge in [-0.3, -0.25) is 4.79 Å². The van der Waals surface area contributed by atoms with E-state index in [1.807, 2.05) is 25.1 Å². The molecule has 100 valence electrons. The van der Waals surface area contributed by atoms with Crippen LogP contribution in [0.3, 0.4) is 0 Å². The highest BCUT2D eigenvalue weighted by molar-refractivity contribution is 5.80. The van der Waals surface area contributed by atoms with Crippen molar-refractivity contribution in [1.82, 2.24) is 25.2 Å². The van der Waals surface area contributed by atoms with Crippen molar-refractivity contribution >= 4 is 5.91 Å². The van der Waals surface area contributed by atoms with E-state index in [0.717, 1.165) is 31.6 Å². The zero-order valence-electron chi connectivity index (χ0n) is 11.1. The Bertz CT molecular complexity index is 397. The molecule has 1 aliphatic heterocycles. The Morgan fingerprint density at radius 3 is 2.83 bits per heavy atom. The van der Waals surface area contributed by atoms with Crippen LogP contribution in [0.25, 0.3) is 0 Å². The largest absolute Gasteiger partial charge is 0.341 e. The second-order valence-electron chi connectivity index (χ2n) is 4.78. The third-order valence-corrected chi connectivity index (χ3v) is 3.34. The van der Waals surface area contributed by atoms with Gasteiger partial charge in [-0.05, 0) is 33.2 Å². The van der Waals surface area contributed by atoms with Gasteiger partial charge in [0.1, 0.15) is 6.04 Å². The van der Waals surface area contributed by atoms with Gasteiger partial charge < -0.3 is 10.2 Å². The average Bonchev–Trinajstić information content (AvgIpc) is 2.87. The lowest BCUT2D eigenvalue weighted by Gasteiger charge is -2.29. The maximum Gasteiger partial charge on any atom is 0.247 e. The smallest absolute Gasteiger partial charge is 0.247 e. The highest BCUT2D eigenvalue weighted by atomic mass is 16.2. The number of amides is 1. The summed E-state index contributed by atoms with van der Waals surface area (Å²) in [6.07, 6.45) is 5.29. The van der Waals surface area contributed by atoms with Gasteiger partial charge in [-0.25, -0.2) is 4.68 Å². The van der Waals surface area contributed by atoms with E-state index in [0.29, 0.717) is 6.54 Å². The van der Waals surface area contributed by atoms with Crippen LogP contribution in [0.5, 0.6) is 0 Å². The minimum atomic E-state index is -0.263. The second kappa shape index (κ2) is 5.95. The molecular weight excluding hydrogens is 230 g/mol. The van der Waals surface area contributed by atoms with Gasteiger partial charge in [0.2, 0.25) is 5.91 Å². The van der Waals surface area contributed by atoms with E-state index in [1.165, 1.54) is 6.42 Å². The molecule has 6 heteroatoms. The van der Waals surface area contributed by atoms with Crippen LogP contribution >= 0.6 is 0 Å². The van der Waals surface area contributed by atoms with Crippen molar-refractivity contribution in [1.29, 1.82) is 0 Å². The van der Waals surface area contributed by atoms with Crippen molar-refractivity contribution in [3.8, 4) is 0 Å². The van der Waals surface area contributed by atoms with Crippen LogP contribution in [0.15, 0.2) is 6.20 Å². The number of carbonyl (C=O) groups is 1. The quantitative estimate of drug-likeness (QED) is 0.850. The third-order valence-electron chi connectivity index (χ3n) is 3.34. The van der Waals surface area contributed by atoms with Crippen molar-refractivity contribution in [2.75, 3.05) is 20.1 Å². The predicted octanol–water partition coefficient (Wildman–Crippen LogP) is 0.571. The maximum absolute atomic E-state index is 12.3. The molecule has 0 spiro atoms. The van der Waals surface area contributed by atoms with E-state index >= 15 is 0 Å². The fraction of sp³-hybridized carbons (Fsp3) is 0.750. The summed E-state index contributed by atoms with van der Waals surface area (Å²) < 4.78 is 1.66. The highest BCUT2D eigenvalue weighted by Crippen LogP contribution is 2.15. The van der Waals surface area contributed by atoms with Crippen LogP contribution in [-0.2, 0) is 11.3 Å². The topological polar surface area (TPSA) is 63.1 Å². The molecule has 2 heterocycles. The highest BCUT2D eigenvalue weighted by Gasteiger charge is 2.24. The first-order chi connectivity index (χ1) is 8.72. The molecule has 1 unspecified atom stereocenters. The number of hydrogen-bond acceptors (Lipinski definition) is 4. The molecule has 0 bridgehead atoms. The molecule has 1 aliphatic rings. The van der Waals surface area contributed by atoms with Gasteiger partial charge in [0.25, 0.3) is 0 Å². The zero-order chi connectivity index (χ0) is 13.0. The van der Waals surface area contributed by atoms with Crippen molar-refractivity contribution in [2.45, 2.75) is 38.8 Å². The Labute approximate surface area is 107 Å². The summed E-state index contributed by atoms with van der Waals surface area (Å²) in [6, 6.07) is -0.263. The first kappa shape index (κ1) is 13.0.